The quantitative estimate of drug-likeness (QED) is 0.569. The molecule has 0 aliphatic carbocycles. The van der Waals surface area contributed by atoms with Crippen molar-refractivity contribution in [2.45, 2.75) is 13.8 Å². The van der Waals surface area contributed by atoms with Crippen molar-refractivity contribution in [3.8, 4) is 17.2 Å². The maximum absolute atomic E-state index is 12.0. The molecule has 1 N–H and O–H groups in total. The second-order valence-electron chi connectivity index (χ2n) is 6.50. The first-order valence-corrected chi connectivity index (χ1v) is 9.57. The van der Waals surface area contributed by atoms with E-state index in [2.05, 4.69) is 5.32 Å². The molecule has 0 spiro atoms. The van der Waals surface area contributed by atoms with E-state index in [9.17, 15) is 4.79 Å². The summed E-state index contributed by atoms with van der Waals surface area (Å²) in [6, 6.07) is 15.4. The highest BCUT2D eigenvalue weighted by atomic mass is 16.5. The van der Waals surface area contributed by atoms with Crippen LogP contribution in [-0.2, 0) is 4.79 Å². The molecule has 0 aliphatic rings. The number of aryl methyl sites for hydroxylation is 1. The van der Waals surface area contributed by atoms with Crippen LogP contribution in [0.2, 0.25) is 0 Å². The van der Waals surface area contributed by atoms with Crippen LogP contribution in [0.5, 0.6) is 17.2 Å². The molecule has 0 bridgehead atoms. The van der Waals surface area contributed by atoms with Gasteiger partial charge in [0.25, 0.3) is 0 Å². The zero-order chi connectivity index (χ0) is 20.2. The van der Waals surface area contributed by atoms with Gasteiger partial charge in [0.1, 0.15) is 30.5 Å². The van der Waals surface area contributed by atoms with E-state index >= 15 is 0 Å². The fraction of sp³-hybridized carbons (Fsp3) is 0.409. The Labute approximate surface area is 167 Å². The summed E-state index contributed by atoms with van der Waals surface area (Å²) < 4.78 is 16.7. The molecule has 0 unspecified atom stereocenters. The first kappa shape index (κ1) is 21.6. The lowest BCUT2D eigenvalue weighted by atomic mass is 10.2. The Bertz CT molecular complexity index is 701. The Balaban J connectivity index is 1.55. The van der Waals surface area contributed by atoms with Gasteiger partial charge in [-0.15, -0.1) is 0 Å². The van der Waals surface area contributed by atoms with E-state index in [1.54, 1.807) is 0 Å². The van der Waals surface area contributed by atoms with Crippen LogP contribution in [0.25, 0.3) is 0 Å². The first-order chi connectivity index (χ1) is 13.6. The van der Waals surface area contributed by atoms with Gasteiger partial charge in [-0.1, -0.05) is 17.7 Å². The molecule has 0 atom stereocenters. The molecule has 0 aromatic heterocycles. The Morgan fingerprint density at radius 3 is 2.04 bits per heavy atom. The lowest BCUT2D eigenvalue weighted by Crippen LogP contribution is -2.38. The molecule has 2 rings (SSSR count). The fourth-order valence-corrected chi connectivity index (χ4v) is 2.49. The number of ether oxygens (including phenoxy) is 3. The molecule has 0 fully saturated rings. The number of hydrogen-bond donors (Lipinski definition) is 1. The van der Waals surface area contributed by atoms with Crippen LogP contribution in [0.4, 0.5) is 0 Å². The molecule has 0 saturated carbocycles. The predicted octanol–water partition coefficient (Wildman–Crippen LogP) is 2.90. The normalized spacial score (nSPS) is 10.6. The molecule has 6 heteroatoms. The van der Waals surface area contributed by atoms with Crippen LogP contribution < -0.4 is 19.5 Å². The van der Waals surface area contributed by atoms with Gasteiger partial charge in [0.2, 0.25) is 5.91 Å². The largest absolute Gasteiger partial charge is 0.494 e. The van der Waals surface area contributed by atoms with Gasteiger partial charge >= 0.3 is 0 Å². The Morgan fingerprint density at radius 2 is 1.43 bits per heavy atom. The number of nitrogens with one attached hydrogen (secondary N) is 1. The van der Waals surface area contributed by atoms with Crippen LogP contribution in [0, 0.1) is 6.92 Å². The van der Waals surface area contributed by atoms with E-state index < -0.39 is 0 Å². The minimum Gasteiger partial charge on any atom is -0.494 e. The summed E-state index contributed by atoms with van der Waals surface area (Å²) in [4.78, 5) is 13.9. The highest BCUT2D eigenvalue weighted by molar-refractivity contribution is 5.77. The van der Waals surface area contributed by atoms with Crippen molar-refractivity contribution in [2.75, 3.05) is 46.5 Å². The Morgan fingerprint density at radius 1 is 0.893 bits per heavy atom. The average molecular weight is 386 g/mol. The summed E-state index contributed by atoms with van der Waals surface area (Å²) in [7, 11) is 1.90. The van der Waals surface area contributed by atoms with E-state index in [1.807, 2.05) is 74.3 Å². The third-order valence-corrected chi connectivity index (χ3v) is 4.00. The average Bonchev–Trinajstić information content (AvgIpc) is 2.68. The van der Waals surface area contributed by atoms with Gasteiger partial charge < -0.3 is 19.5 Å². The molecule has 0 saturated heterocycles. The standard InChI is InChI=1S/C22H30N2O4/c1-4-26-19-9-11-21(12-10-19)27-15-13-23-22(25)17-24(3)14-16-28-20-7-5-18(2)6-8-20/h5-12H,4,13-17H2,1-3H3,(H,23,25). The van der Waals surface area contributed by atoms with Crippen LogP contribution in [0.3, 0.4) is 0 Å². The number of hydrogen-bond acceptors (Lipinski definition) is 5. The minimum absolute atomic E-state index is 0.0341. The maximum Gasteiger partial charge on any atom is 0.234 e. The van der Waals surface area contributed by atoms with Crippen molar-refractivity contribution in [1.29, 1.82) is 0 Å². The van der Waals surface area contributed by atoms with E-state index in [0.29, 0.717) is 39.5 Å². The number of benzene rings is 2. The SMILES string of the molecule is CCOc1ccc(OCCNC(=O)CN(C)CCOc2ccc(C)cc2)cc1. The van der Waals surface area contributed by atoms with Crippen LogP contribution >= 0.6 is 0 Å². The topological polar surface area (TPSA) is 60.0 Å². The lowest BCUT2D eigenvalue weighted by molar-refractivity contribution is -0.122. The molecule has 2 aromatic rings. The summed E-state index contributed by atoms with van der Waals surface area (Å²) in [6.07, 6.45) is 0. The number of carbonyl (C=O) groups is 1. The third kappa shape index (κ3) is 8.31. The minimum atomic E-state index is -0.0341. The molecule has 0 heterocycles. The molecular formula is C22H30N2O4. The highest BCUT2D eigenvalue weighted by Crippen LogP contribution is 2.17. The van der Waals surface area contributed by atoms with Crippen molar-refractivity contribution in [1.82, 2.24) is 10.2 Å². The zero-order valence-electron chi connectivity index (χ0n) is 16.9. The summed E-state index contributed by atoms with van der Waals surface area (Å²) in [5.74, 6) is 2.38. The van der Waals surface area contributed by atoms with E-state index in [-0.39, 0.29) is 5.91 Å². The second kappa shape index (κ2) is 11.9. The molecule has 6 nitrogen and oxygen atoms in total. The molecule has 1 amide bonds. The molecule has 28 heavy (non-hydrogen) atoms. The molecule has 0 aliphatic heterocycles. The van der Waals surface area contributed by atoms with Gasteiger partial charge in [-0.2, -0.15) is 0 Å². The second-order valence-corrected chi connectivity index (χ2v) is 6.50. The summed E-state index contributed by atoms with van der Waals surface area (Å²) in [5, 5.41) is 2.86. The smallest absolute Gasteiger partial charge is 0.234 e. The predicted molar refractivity (Wildman–Crippen MR) is 110 cm³/mol. The summed E-state index contributed by atoms with van der Waals surface area (Å²) in [5.41, 5.74) is 1.20. The summed E-state index contributed by atoms with van der Waals surface area (Å²) in [6.45, 7) is 7.03. The van der Waals surface area contributed by atoms with Crippen LogP contribution in [0.1, 0.15) is 12.5 Å². The van der Waals surface area contributed by atoms with Crippen molar-refractivity contribution in [2.24, 2.45) is 0 Å². The fourth-order valence-electron chi connectivity index (χ4n) is 2.49. The first-order valence-electron chi connectivity index (χ1n) is 9.57. The number of nitrogens with zero attached hydrogens (tertiary/aromatic N) is 1. The maximum atomic E-state index is 12.0. The van der Waals surface area contributed by atoms with Crippen LogP contribution in [-0.4, -0.2) is 57.3 Å². The van der Waals surface area contributed by atoms with Gasteiger partial charge in [0, 0.05) is 6.54 Å². The molecule has 2 aromatic carbocycles. The number of likely N-dealkylation sites (N-methyl/N-ethyl adjacent to an activating group) is 1. The van der Waals surface area contributed by atoms with Gasteiger partial charge in [0.05, 0.1) is 19.7 Å². The Hall–Kier alpha value is -2.73. The van der Waals surface area contributed by atoms with Crippen LogP contribution in [0.15, 0.2) is 48.5 Å². The van der Waals surface area contributed by atoms with Crippen molar-refractivity contribution in [3.63, 3.8) is 0 Å². The van der Waals surface area contributed by atoms with E-state index in [4.69, 9.17) is 14.2 Å². The summed E-state index contributed by atoms with van der Waals surface area (Å²) >= 11 is 0. The lowest BCUT2D eigenvalue weighted by Gasteiger charge is -2.17. The highest BCUT2D eigenvalue weighted by Gasteiger charge is 2.06. The molecular weight excluding hydrogens is 356 g/mol. The third-order valence-electron chi connectivity index (χ3n) is 4.00. The van der Waals surface area contributed by atoms with Gasteiger partial charge in [0.15, 0.2) is 0 Å². The zero-order valence-corrected chi connectivity index (χ0v) is 16.9. The van der Waals surface area contributed by atoms with E-state index in [0.717, 1.165) is 17.2 Å². The van der Waals surface area contributed by atoms with Gasteiger partial charge in [-0.3, -0.25) is 9.69 Å². The molecule has 152 valence electrons. The number of rotatable bonds is 12. The van der Waals surface area contributed by atoms with Gasteiger partial charge in [-0.05, 0) is 57.3 Å². The van der Waals surface area contributed by atoms with Gasteiger partial charge in [-0.25, -0.2) is 0 Å². The Kier molecular flexibility index (Phi) is 9.15. The van der Waals surface area contributed by atoms with Crippen molar-refractivity contribution in [3.05, 3.63) is 54.1 Å². The number of amides is 1. The number of carbonyl (C=O) groups excluding carboxylic acids is 1. The van der Waals surface area contributed by atoms with E-state index in [1.165, 1.54) is 5.56 Å². The monoisotopic (exact) mass is 386 g/mol. The van der Waals surface area contributed by atoms with Crippen molar-refractivity contribution >= 4 is 5.91 Å². The van der Waals surface area contributed by atoms with Crippen molar-refractivity contribution < 1.29 is 19.0 Å². The molecule has 0 radical (unpaired) electrons.